The van der Waals surface area contributed by atoms with E-state index in [9.17, 15) is 4.79 Å². The molecule has 0 saturated carbocycles. The van der Waals surface area contributed by atoms with E-state index < -0.39 is 0 Å². The molecule has 2 N–H and O–H groups in total. The lowest BCUT2D eigenvalue weighted by Gasteiger charge is -2.20. The van der Waals surface area contributed by atoms with Crippen molar-refractivity contribution in [3.63, 3.8) is 0 Å². The number of carbonyl (C=O) groups excluding carboxylic acids is 1. The van der Waals surface area contributed by atoms with E-state index in [4.69, 9.17) is 5.73 Å². The zero-order valence-corrected chi connectivity index (χ0v) is 11.6. The Balaban J connectivity index is 0.00000162. The number of halogens is 1. The molecular formula is C13H20ClN3O. The lowest BCUT2D eigenvalue weighted by atomic mass is 10.2. The van der Waals surface area contributed by atoms with Gasteiger partial charge in [0.05, 0.1) is 0 Å². The van der Waals surface area contributed by atoms with Gasteiger partial charge >= 0.3 is 0 Å². The van der Waals surface area contributed by atoms with Crippen LogP contribution in [0.25, 0.3) is 0 Å². The second-order valence-corrected chi connectivity index (χ2v) is 4.78. The molecule has 1 unspecified atom stereocenters. The van der Waals surface area contributed by atoms with Crippen molar-refractivity contribution in [1.29, 1.82) is 0 Å². The monoisotopic (exact) mass is 269 g/mol. The molecule has 5 heteroatoms. The van der Waals surface area contributed by atoms with Crippen LogP contribution >= 0.6 is 12.4 Å². The highest BCUT2D eigenvalue weighted by Crippen LogP contribution is 2.17. The number of nitrogen functional groups attached to an aromatic ring is 1. The van der Waals surface area contributed by atoms with E-state index in [1.165, 1.54) is 0 Å². The summed E-state index contributed by atoms with van der Waals surface area (Å²) in [5.74, 6) is 0.106. The van der Waals surface area contributed by atoms with E-state index in [-0.39, 0.29) is 18.3 Å². The molecule has 1 aliphatic rings. The van der Waals surface area contributed by atoms with Crippen molar-refractivity contribution in [3.05, 3.63) is 29.8 Å². The van der Waals surface area contributed by atoms with E-state index in [1.807, 2.05) is 4.90 Å². The molecule has 2 rings (SSSR count). The van der Waals surface area contributed by atoms with Crippen LogP contribution in [0.4, 0.5) is 5.69 Å². The average Bonchev–Trinajstić information content (AvgIpc) is 2.78. The molecule has 1 heterocycles. The maximum atomic E-state index is 12.2. The molecule has 1 fully saturated rings. The molecule has 18 heavy (non-hydrogen) atoms. The minimum atomic E-state index is 0. The van der Waals surface area contributed by atoms with E-state index in [1.54, 1.807) is 24.3 Å². The van der Waals surface area contributed by atoms with Gasteiger partial charge in [-0.25, -0.2) is 0 Å². The molecule has 1 aromatic carbocycles. The van der Waals surface area contributed by atoms with Crippen molar-refractivity contribution < 1.29 is 4.79 Å². The molecule has 1 aromatic rings. The molecular weight excluding hydrogens is 250 g/mol. The molecule has 4 nitrogen and oxygen atoms in total. The van der Waals surface area contributed by atoms with E-state index in [0.29, 0.717) is 11.7 Å². The van der Waals surface area contributed by atoms with Crippen LogP contribution in [0.3, 0.4) is 0 Å². The molecule has 1 saturated heterocycles. The van der Waals surface area contributed by atoms with Gasteiger partial charge in [0.15, 0.2) is 0 Å². The summed E-state index contributed by atoms with van der Waals surface area (Å²) in [6.07, 6.45) is 1.05. The average molecular weight is 270 g/mol. The summed E-state index contributed by atoms with van der Waals surface area (Å²) in [6, 6.07) is 7.61. The molecule has 0 aromatic heterocycles. The fourth-order valence-corrected chi connectivity index (χ4v) is 2.16. The number of hydrogen-bond acceptors (Lipinski definition) is 3. The molecule has 0 radical (unpaired) electrons. The third kappa shape index (κ3) is 3.15. The first-order valence-electron chi connectivity index (χ1n) is 5.89. The number of nitrogens with zero attached hydrogens (tertiary/aromatic N) is 2. The summed E-state index contributed by atoms with van der Waals surface area (Å²) < 4.78 is 0. The molecule has 1 atom stereocenters. The van der Waals surface area contributed by atoms with Gasteiger partial charge in [0.1, 0.15) is 0 Å². The minimum Gasteiger partial charge on any atom is -0.399 e. The smallest absolute Gasteiger partial charge is 0.253 e. The van der Waals surface area contributed by atoms with Crippen LogP contribution in [-0.2, 0) is 0 Å². The third-order valence-electron chi connectivity index (χ3n) is 3.34. The van der Waals surface area contributed by atoms with Gasteiger partial charge < -0.3 is 15.5 Å². The number of benzene rings is 1. The van der Waals surface area contributed by atoms with Crippen LogP contribution in [0.5, 0.6) is 0 Å². The molecule has 0 aliphatic carbocycles. The number of amides is 1. The normalized spacial score (nSPS) is 18.8. The van der Waals surface area contributed by atoms with Gasteiger partial charge in [-0.15, -0.1) is 12.4 Å². The number of nitrogens with two attached hydrogens (primary N) is 1. The number of rotatable bonds is 2. The van der Waals surface area contributed by atoms with Gasteiger partial charge in [-0.1, -0.05) is 0 Å². The number of likely N-dealkylation sites (tertiary alicyclic amines) is 1. The Kier molecular flexibility index (Phi) is 4.99. The van der Waals surface area contributed by atoms with Crippen LogP contribution in [0.2, 0.25) is 0 Å². The Labute approximate surface area is 114 Å². The van der Waals surface area contributed by atoms with Crippen molar-refractivity contribution in [2.75, 3.05) is 32.9 Å². The first-order chi connectivity index (χ1) is 8.08. The molecule has 0 bridgehead atoms. The maximum absolute atomic E-state index is 12.2. The fourth-order valence-electron chi connectivity index (χ4n) is 2.16. The Morgan fingerprint density at radius 1 is 1.33 bits per heavy atom. The van der Waals surface area contributed by atoms with Crippen molar-refractivity contribution in [2.45, 2.75) is 12.5 Å². The first-order valence-corrected chi connectivity index (χ1v) is 5.89. The minimum absolute atomic E-state index is 0. The number of carbonyl (C=O) groups is 1. The summed E-state index contributed by atoms with van der Waals surface area (Å²) >= 11 is 0. The lowest BCUT2D eigenvalue weighted by Crippen LogP contribution is -2.34. The van der Waals surface area contributed by atoms with Gasteiger partial charge in [-0.05, 0) is 44.8 Å². The van der Waals surface area contributed by atoms with Gasteiger partial charge in [0.25, 0.3) is 5.91 Å². The largest absolute Gasteiger partial charge is 0.399 e. The number of anilines is 1. The predicted molar refractivity (Wildman–Crippen MR) is 76.1 cm³/mol. The Hall–Kier alpha value is -1.26. The first kappa shape index (κ1) is 14.8. The molecule has 1 aliphatic heterocycles. The van der Waals surface area contributed by atoms with Gasteiger partial charge in [0.2, 0.25) is 0 Å². The van der Waals surface area contributed by atoms with Crippen LogP contribution in [-0.4, -0.2) is 48.9 Å². The zero-order valence-electron chi connectivity index (χ0n) is 10.8. The summed E-state index contributed by atoms with van der Waals surface area (Å²) in [6.45, 7) is 1.66. The summed E-state index contributed by atoms with van der Waals surface area (Å²) in [7, 11) is 4.11. The van der Waals surface area contributed by atoms with E-state index in [0.717, 1.165) is 25.1 Å². The highest BCUT2D eigenvalue weighted by Gasteiger charge is 2.27. The van der Waals surface area contributed by atoms with Gasteiger partial charge in [0, 0.05) is 30.4 Å². The number of likely N-dealkylation sites (N-methyl/N-ethyl adjacent to an activating group) is 1. The molecule has 100 valence electrons. The van der Waals surface area contributed by atoms with Crippen LogP contribution in [0.1, 0.15) is 16.8 Å². The van der Waals surface area contributed by atoms with Crippen molar-refractivity contribution in [2.24, 2.45) is 0 Å². The van der Waals surface area contributed by atoms with Crippen molar-refractivity contribution >= 4 is 24.0 Å². The quantitative estimate of drug-likeness (QED) is 0.827. The Morgan fingerprint density at radius 2 is 1.94 bits per heavy atom. The topological polar surface area (TPSA) is 49.6 Å². The van der Waals surface area contributed by atoms with Crippen LogP contribution in [0, 0.1) is 0 Å². The van der Waals surface area contributed by atoms with Crippen molar-refractivity contribution in [1.82, 2.24) is 9.80 Å². The van der Waals surface area contributed by atoms with Crippen molar-refractivity contribution in [3.8, 4) is 0 Å². The maximum Gasteiger partial charge on any atom is 0.253 e. The second-order valence-electron chi connectivity index (χ2n) is 4.78. The second kappa shape index (κ2) is 6.07. The third-order valence-corrected chi connectivity index (χ3v) is 3.34. The standard InChI is InChI=1S/C13H19N3O.ClH/c1-15(2)12-7-8-16(9-12)13(17)10-3-5-11(14)6-4-10;/h3-6,12H,7-9,14H2,1-2H3;1H. The highest BCUT2D eigenvalue weighted by atomic mass is 35.5. The van der Waals surface area contributed by atoms with E-state index >= 15 is 0 Å². The molecule has 1 amide bonds. The lowest BCUT2D eigenvalue weighted by molar-refractivity contribution is 0.0783. The zero-order chi connectivity index (χ0) is 12.4. The number of hydrogen-bond donors (Lipinski definition) is 1. The SMILES string of the molecule is CN(C)C1CCN(C(=O)c2ccc(N)cc2)C1.Cl. The van der Waals surface area contributed by atoms with E-state index in [2.05, 4.69) is 19.0 Å². The van der Waals surface area contributed by atoms with Crippen LogP contribution in [0.15, 0.2) is 24.3 Å². The predicted octanol–water partition coefficient (Wildman–Crippen LogP) is 1.47. The van der Waals surface area contributed by atoms with Crippen LogP contribution < -0.4 is 5.73 Å². The Morgan fingerprint density at radius 3 is 2.44 bits per heavy atom. The van der Waals surface area contributed by atoms with Gasteiger partial charge in [-0.2, -0.15) is 0 Å². The summed E-state index contributed by atoms with van der Waals surface area (Å²) in [4.78, 5) is 16.3. The Bertz CT molecular complexity index is 405. The van der Waals surface area contributed by atoms with Gasteiger partial charge in [-0.3, -0.25) is 4.79 Å². The highest BCUT2D eigenvalue weighted by molar-refractivity contribution is 5.94. The molecule has 0 spiro atoms. The fraction of sp³-hybridized carbons (Fsp3) is 0.462. The summed E-state index contributed by atoms with van der Waals surface area (Å²) in [5.41, 5.74) is 7.02. The summed E-state index contributed by atoms with van der Waals surface area (Å²) in [5, 5.41) is 0.